The lowest BCUT2D eigenvalue weighted by molar-refractivity contribution is -0.126. The summed E-state index contributed by atoms with van der Waals surface area (Å²) in [7, 11) is -3.18. The number of aromatic nitrogens is 1. The van der Waals surface area contributed by atoms with Crippen LogP contribution in [0.2, 0.25) is 0 Å². The number of nitrogens with zero attached hydrogens (tertiary/aromatic N) is 2. The summed E-state index contributed by atoms with van der Waals surface area (Å²) in [4.78, 5) is 17.2. The number of piperidine rings is 1. The maximum Gasteiger partial charge on any atom is 0.223 e. The number of pyridine rings is 1. The molecule has 0 saturated carbocycles. The van der Waals surface area contributed by atoms with E-state index in [0.29, 0.717) is 32.4 Å². The Morgan fingerprint density at radius 3 is 2.70 bits per heavy atom. The molecule has 1 N–H and O–H groups in total. The van der Waals surface area contributed by atoms with Crippen LogP contribution in [0.1, 0.15) is 37.1 Å². The second-order valence-corrected chi connectivity index (χ2v) is 9.76. The molecule has 0 bridgehead atoms. The highest BCUT2D eigenvalue weighted by Gasteiger charge is 2.31. The van der Waals surface area contributed by atoms with Gasteiger partial charge in [-0.1, -0.05) is 6.07 Å². The summed E-state index contributed by atoms with van der Waals surface area (Å²) in [6, 6.07) is 7.57. The molecule has 0 aromatic carbocycles. The van der Waals surface area contributed by atoms with E-state index in [-0.39, 0.29) is 23.6 Å². The van der Waals surface area contributed by atoms with Gasteiger partial charge in [0, 0.05) is 25.2 Å². The van der Waals surface area contributed by atoms with E-state index in [1.165, 1.54) is 9.87 Å². The highest BCUT2D eigenvalue weighted by Crippen LogP contribution is 2.23. The number of rotatable bonds is 7. The third-order valence-electron chi connectivity index (χ3n) is 4.96. The zero-order valence-electron chi connectivity index (χ0n) is 15.4. The minimum absolute atomic E-state index is 0.0190. The van der Waals surface area contributed by atoms with Crippen molar-refractivity contribution in [2.24, 2.45) is 5.92 Å². The molecule has 6 nitrogen and oxygen atoms in total. The van der Waals surface area contributed by atoms with E-state index in [9.17, 15) is 13.2 Å². The molecule has 1 unspecified atom stereocenters. The molecular formula is C19H25N3O3S2. The number of amides is 1. The van der Waals surface area contributed by atoms with E-state index in [2.05, 4.69) is 21.7 Å². The van der Waals surface area contributed by atoms with Gasteiger partial charge in [-0.25, -0.2) is 12.7 Å². The highest BCUT2D eigenvalue weighted by molar-refractivity contribution is 7.89. The minimum Gasteiger partial charge on any atom is -0.347 e. The van der Waals surface area contributed by atoms with Gasteiger partial charge in [-0.2, -0.15) is 11.3 Å². The summed E-state index contributed by atoms with van der Waals surface area (Å²) in [6.45, 7) is 2.47. The van der Waals surface area contributed by atoms with Crippen LogP contribution in [-0.4, -0.2) is 42.5 Å². The number of hydrogen-bond donors (Lipinski definition) is 1. The maximum atomic E-state index is 12.8. The van der Waals surface area contributed by atoms with Gasteiger partial charge < -0.3 is 5.32 Å². The second-order valence-electron chi connectivity index (χ2n) is 6.73. The first kappa shape index (κ1) is 20.0. The highest BCUT2D eigenvalue weighted by atomic mass is 32.2. The van der Waals surface area contributed by atoms with Crippen molar-refractivity contribution in [3.63, 3.8) is 0 Å². The molecule has 3 rings (SSSR count). The van der Waals surface area contributed by atoms with Crippen LogP contribution in [-0.2, 0) is 21.2 Å². The molecule has 1 aliphatic rings. The summed E-state index contributed by atoms with van der Waals surface area (Å²) in [5.41, 5.74) is 2.00. The Bertz CT molecular complexity index is 830. The summed E-state index contributed by atoms with van der Waals surface area (Å²) in [5.74, 6) is -0.0804. The smallest absolute Gasteiger partial charge is 0.223 e. The fourth-order valence-corrected chi connectivity index (χ4v) is 5.14. The zero-order chi connectivity index (χ0) is 19.3. The van der Waals surface area contributed by atoms with Crippen LogP contribution in [0.4, 0.5) is 0 Å². The Kier molecular flexibility index (Phi) is 6.62. The first-order valence-corrected chi connectivity index (χ1v) is 11.7. The fourth-order valence-electron chi connectivity index (χ4n) is 3.32. The molecule has 27 heavy (non-hydrogen) atoms. The number of sulfonamides is 1. The number of nitrogens with one attached hydrogen (secondary N) is 1. The Labute approximate surface area is 164 Å². The number of thiophene rings is 1. The molecule has 1 aliphatic heterocycles. The molecule has 1 amide bonds. The van der Waals surface area contributed by atoms with E-state index < -0.39 is 10.0 Å². The van der Waals surface area contributed by atoms with Crippen molar-refractivity contribution < 1.29 is 13.2 Å². The fraction of sp³-hybridized carbons (Fsp3) is 0.474. The number of hydrogen-bond acceptors (Lipinski definition) is 5. The van der Waals surface area contributed by atoms with Gasteiger partial charge in [-0.15, -0.1) is 0 Å². The van der Waals surface area contributed by atoms with E-state index >= 15 is 0 Å². The summed E-state index contributed by atoms with van der Waals surface area (Å²) < 4.78 is 25.5. The zero-order valence-corrected chi connectivity index (χ0v) is 17.0. The van der Waals surface area contributed by atoms with Gasteiger partial charge in [-0.3, -0.25) is 9.78 Å². The number of carbonyl (C=O) groups is 1. The van der Waals surface area contributed by atoms with Crippen molar-refractivity contribution in [3.05, 3.63) is 52.5 Å². The Balaban J connectivity index is 1.65. The average Bonchev–Trinajstić information content (AvgIpc) is 3.21. The molecular weight excluding hydrogens is 382 g/mol. The molecule has 2 aromatic rings. The normalized spacial score (nSPS) is 17.5. The lowest BCUT2D eigenvalue weighted by Gasteiger charge is -2.31. The first-order valence-electron chi connectivity index (χ1n) is 9.20. The standard InChI is InChI=1S/C19H25N3O3S2/c1-2-27(24,25)22-10-6-16(7-11-22)19(23)21-18(13-15-8-12-26-14-15)17-5-3-4-9-20-17/h3-5,8-9,12,14,16,18H,2,6-7,10-11,13H2,1H3,(H,21,23). The van der Waals surface area contributed by atoms with Gasteiger partial charge >= 0.3 is 0 Å². The predicted molar refractivity (Wildman–Crippen MR) is 107 cm³/mol. The van der Waals surface area contributed by atoms with Gasteiger partial charge in [0.05, 0.1) is 17.5 Å². The van der Waals surface area contributed by atoms with Crippen LogP contribution in [0, 0.1) is 5.92 Å². The van der Waals surface area contributed by atoms with Crippen LogP contribution >= 0.6 is 11.3 Å². The summed E-state index contributed by atoms with van der Waals surface area (Å²) >= 11 is 1.63. The first-order chi connectivity index (χ1) is 13.0. The molecule has 2 aromatic heterocycles. The van der Waals surface area contributed by atoms with Crippen LogP contribution in [0.15, 0.2) is 41.2 Å². The van der Waals surface area contributed by atoms with E-state index in [0.717, 1.165) is 5.69 Å². The quantitative estimate of drug-likeness (QED) is 0.765. The Hall–Kier alpha value is -1.77. The SMILES string of the molecule is CCS(=O)(=O)N1CCC(C(=O)NC(Cc2ccsc2)c2ccccn2)CC1. The summed E-state index contributed by atoms with van der Waals surface area (Å²) in [5, 5.41) is 7.25. The van der Waals surface area contributed by atoms with Crippen molar-refractivity contribution >= 4 is 27.3 Å². The van der Waals surface area contributed by atoms with Crippen molar-refractivity contribution in [1.29, 1.82) is 0 Å². The molecule has 0 radical (unpaired) electrons. The van der Waals surface area contributed by atoms with Gasteiger partial charge in [0.15, 0.2) is 0 Å². The van der Waals surface area contributed by atoms with Crippen molar-refractivity contribution in [3.8, 4) is 0 Å². The molecule has 8 heteroatoms. The molecule has 1 saturated heterocycles. The molecule has 1 fully saturated rings. The van der Waals surface area contributed by atoms with Crippen LogP contribution in [0.3, 0.4) is 0 Å². The second kappa shape index (κ2) is 8.95. The van der Waals surface area contributed by atoms with Crippen molar-refractivity contribution in [2.75, 3.05) is 18.8 Å². The minimum atomic E-state index is -3.18. The van der Waals surface area contributed by atoms with Gasteiger partial charge in [0.1, 0.15) is 0 Å². The van der Waals surface area contributed by atoms with Crippen LogP contribution < -0.4 is 5.32 Å². The Morgan fingerprint density at radius 2 is 2.11 bits per heavy atom. The molecule has 3 heterocycles. The van der Waals surface area contributed by atoms with Gasteiger partial charge in [0.2, 0.25) is 15.9 Å². The average molecular weight is 408 g/mol. The number of carbonyl (C=O) groups excluding carboxylic acids is 1. The van der Waals surface area contributed by atoms with E-state index in [1.807, 2.05) is 23.6 Å². The van der Waals surface area contributed by atoms with Gasteiger partial charge in [0.25, 0.3) is 0 Å². The maximum absolute atomic E-state index is 12.8. The lowest BCUT2D eigenvalue weighted by Crippen LogP contribution is -2.44. The lowest BCUT2D eigenvalue weighted by atomic mass is 9.96. The molecule has 0 spiro atoms. The van der Waals surface area contributed by atoms with E-state index in [1.54, 1.807) is 24.5 Å². The molecule has 146 valence electrons. The largest absolute Gasteiger partial charge is 0.347 e. The summed E-state index contributed by atoms with van der Waals surface area (Å²) in [6.07, 6.45) is 3.53. The predicted octanol–water partition coefficient (Wildman–Crippen LogP) is 2.60. The topological polar surface area (TPSA) is 79.4 Å². The Morgan fingerprint density at radius 1 is 1.33 bits per heavy atom. The third kappa shape index (κ3) is 5.15. The monoisotopic (exact) mass is 407 g/mol. The van der Waals surface area contributed by atoms with Crippen molar-refractivity contribution in [1.82, 2.24) is 14.6 Å². The van der Waals surface area contributed by atoms with Crippen molar-refractivity contribution in [2.45, 2.75) is 32.2 Å². The van der Waals surface area contributed by atoms with Crippen LogP contribution in [0.5, 0.6) is 0 Å². The van der Waals surface area contributed by atoms with Gasteiger partial charge in [-0.05, 0) is 60.7 Å². The molecule has 0 aliphatic carbocycles. The van der Waals surface area contributed by atoms with Crippen LogP contribution in [0.25, 0.3) is 0 Å². The third-order valence-corrected chi connectivity index (χ3v) is 7.58. The molecule has 1 atom stereocenters. The van der Waals surface area contributed by atoms with E-state index in [4.69, 9.17) is 0 Å².